The average Bonchev–Trinajstić information content (AvgIpc) is 3.28. The van der Waals surface area contributed by atoms with Crippen LogP contribution in [-0.4, -0.2) is 56.2 Å². The van der Waals surface area contributed by atoms with E-state index in [1.54, 1.807) is 23.3 Å². The third kappa shape index (κ3) is 3.49. The Labute approximate surface area is 180 Å². The molecule has 1 aliphatic heterocycles. The summed E-state index contributed by atoms with van der Waals surface area (Å²) in [5.74, 6) is 0.0953. The predicted octanol–water partition coefficient (Wildman–Crippen LogP) is 2.86. The van der Waals surface area contributed by atoms with Crippen LogP contribution >= 0.6 is 11.3 Å². The molecule has 1 aliphatic carbocycles. The molecule has 3 heterocycles. The number of imide groups is 1. The minimum absolute atomic E-state index is 0.232. The van der Waals surface area contributed by atoms with Crippen LogP contribution in [-0.2, 0) is 16.1 Å². The topological polar surface area (TPSA) is 87.0 Å². The third-order valence-corrected chi connectivity index (χ3v) is 7.53. The highest BCUT2D eigenvalue weighted by atomic mass is 32.1. The molecule has 2 aromatic heterocycles. The Hall–Kier alpha value is -2.42. The average molecular weight is 432 g/mol. The maximum atomic E-state index is 13.1. The fraction of sp³-hybridized carbons (Fsp3) is 0.619. The van der Waals surface area contributed by atoms with Gasteiger partial charge in [0.25, 0.3) is 5.91 Å². The van der Waals surface area contributed by atoms with Gasteiger partial charge < -0.3 is 10.2 Å². The Morgan fingerprint density at radius 2 is 2.03 bits per heavy atom. The number of urea groups is 1. The first-order valence-electron chi connectivity index (χ1n) is 10.6. The minimum Gasteiger partial charge on any atom is -0.338 e. The van der Waals surface area contributed by atoms with Gasteiger partial charge in [-0.15, -0.1) is 11.3 Å². The molecule has 0 unspecified atom stereocenters. The van der Waals surface area contributed by atoms with Crippen molar-refractivity contribution >= 4 is 34.1 Å². The van der Waals surface area contributed by atoms with E-state index in [-0.39, 0.29) is 18.4 Å². The fourth-order valence-corrected chi connectivity index (χ4v) is 5.50. The Morgan fingerprint density at radius 3 is 2.70 bits per heavy atom. The van der Waals surface area contributed by atoms with E-state index in [0.29, 0.717) is 25.3 Å². The molecule has 162 valence electrons. The maximum Gasteiger partial charge on any atom is 0.325 e. The molecule has 0 aromatic carbocycles. The van der Waals surface area contributed by atoms with Gasteiger partial charge in [-0.2, -0.15) is 0 Å². The zero-order chi connectivity index (χ0) is 21.6. The number of imidazole rings is 1. The van der Waals surface area contributed by atoms with E-state index in [9.17, 15) is 14.4 Å². The van der Waals surface area contributed by atoms with Gasteiger partial charge in [-0.25, -0.2) is 9.78 Å². The quantitative estimate of drug-likeness (QED) is 0.738. The monoisotopic (exact) mass is 431 g/mol. The number of likely N-dealkylation sites (N-methyl/N-ethyl adjacent to an activating group) is 1. The van der Waals surface area contributed by atoms with Crippen molar-refractivity contribution in [2.45, 2.75) is 65.0 Å². The largest absolute Gasteiger partial charge is 0.338 e. The van der Waals surface area contributed by atoms with Crippen molar-refractivity contribution in [3.8, 4) is 0 Å². The van der Waals surface area contributed by atoms with Gasteiger partial charge in [0.1, 0.15) is 12.1 Å². The summed E-state index contributed by atoms with van der Waals surface area (Å²) in [5.41, 5.74) is 1.00. The van der Waals surface area contributed by atoms with Crippen molar-refractivity contribution in [1.29, 1.82) is 0 Å². The summed E-state index contributed by atoms with van der Waals surface area (Å²) in [5, 5.41) is 2.89. The fourth-order valence-electron chi connectivity index (χ4n) is 4.61. The normalized spacial score (nSPS) is 24.1. The molecule has 0 radical (unpaired) electrons. The van der Waals surface area contributed by atoms with Crippen molar-refractivity contribution in [2.75, 3.05) is 13.6 Å². The lowest BCUT2D eigenvalue weighted by atomic mass is 9.75. The summed E-state index contributed by atoms with van der Waals surface area (Å²) >= 11 is 1.61. The summed E-state index contributed by atoms with van der Waals surface area (Å²) in [7, 11) is 1.70. The number of carbonyl (C=O) groups is 3. The molecule has 2 fully saturated rings. The van der Waals surface area contributed by atoms with Gasteiger partial charge in [0.15, 0.2) is 4.96 Å². The molecule has 2 aliphatic rings. The third-order valence-electron chi connectivity index (χ3n) is 6.63. The zero-order valence-electron chi connectivity index (χ0n) is 18.0. The number of carbonyl (C=O) groups excluding carboxylic acids is 3. The number of amides is 4. The first-order chi connectivity index (χ1) is 14.2. The summed E-state index contributed by atoms with van der Waals surface area (Å²) in [6.07, 6.45) is 6.28. The Balaban J connectivity index is 1.43. The standard InChI is InChI=1S/C21H29N5O3S/c1-5-15-6-8-21(9-7-15)18(28)26(19(29)23-21)12-17(27)24(4)11-16-14(3)22-20-25(16)10-13(2)30-20/h10,15H,5-9,11-12H2,1-4H3,(H,23,29). The van der Waals surface area contributed by atoms with Crippen molar-refractivity contribution in [3.63, 3.8) is 0 Å². The number of hydrogen-bond donors (Lipinski definition) is 1. The van der Waals surface area contributed by atoms with Crippen LogP contribution < -0.4 is 5.32 Å². The highest BCUT2D eigenvalue weighted by Gasteiger charge is 2.52. The number of rotatable bonds is 5. The molecule has 8 nitrogen and oxygen atoms in total. The van der Waals surface area contributed by atoms with Crippen LogP contribution in [0.15, 0.2) is 6.20 Å². The van der Waals surface area contributed by atoms with Gasteiger partial charge in [-0.3, -0.25) is 18.9 Å². The molecule has 0 bridgehead atoms. The summed E-state index contributed by atoms with van der Waals surface area (Å²) < 4.78 is 2.01. The van der Waals surface area contributed by atoms with Crippen molar-refractivity contribution in [3.05, 3.63) is 22.5 Å². The second kappa shape index (κ2) is 7.68. The van der Waals surface area contributed by atoms with Crippen LogP contribution in [0.2, 0.25) is 0 Å². The lowest BCUT2D eigenvalue weighted by molar-refractivity contribution is -0.139. The highest BCUT2D eigenvalue weighted by molar-refractivity contribution is 7.17. The molecule has 9 heteroatoms. The Morgan fingerprint density at radius 1 is 1.33 bits per heavy atom. The predicted molar refractivity (Wildman–Crippen MR) is 114 cm³/mol. The lowest BCUT2D eigenvalue weighted by Gasteiger charge is -2.34. The van der Waals surface area contributed by atoms with Gasteiger partial charge >= 0.3 is 6.03 Å². The van der Waals surface area contributed by atoms with Gasteiger partial charge in [0.2, 0.25) is 5.91 Å². The minimum atomic E-state index is -0.815. The van der Waals surface area contributed by atoms with Gasteiger partial charge in [-0.05, 0) is 45.4 Å². The molecule has 2 aromatic rings. The molecular formula is C21H29N5O3S. The van der Waals surface area contributed by atoms with Crippen molar-refractivity contribution in [1.82, 2.24) is 24.5 Å². The van der Waals surface area contributed by atoms with Crippen molar-refractivity contribution in [2.24, 2.45) is 5.92 Å². The Kier molecular flexibility index (Phi) is 5.34. The molecule has 1 saturated heterocycles. The van der Waals surface area contributed by atoms with Crippen LogP contribution in [0.25, 0.3) is 4.96 Å². The van der Waals surface area contributed by atoms with Crippen LogP contribution in [0.3, 0.4) is 0 Å². The summed E-state index contributed by atoms with van der Waals surface area (Å²) in [6.45, 7) is 6.25. The molecule has 4 rings (SSSR count). The molecule has 1 saturated carbocycles. The number of hydrogen-bond acceptors (Lipinski definition) is 5. The van der Waals surface area contributed by atoms with E-state index in [1.807, 2.05) is 24.4 Å². The van der Waals surface area contributed by atoms with Crippen molar-refractivity contribution < 1.29 is 14.4 Å². The first kappa shape index (κ1) is 20.8. The van der Waals surface area contributed by atoms with Gasteiger partial charge in [-0.1, -0.05) is 13.3 Å². The number of nitrogens with zero attached hydrogens (tertiary/aromatic N) is 4. The van der Waals surface area contributed by atoms with E-state index in [0.717, 1.165) is 45.4 Å². The molecule has 1 N–H and O–H groups in total. The van der Waals surface area contributed by atoms with E-state index < -0.39 is 11.6 Å². The van der Waals surface area contributed by atoms with Crippen LogP contribution in [0.4, 0.5) is 4.79 Å². The molecule has 0 atom stereocenters. The number of aromatic nitrogens is 2. The number of thiazole rings is 1. The van der Waals surface area contributed by atoms with Crippen LogP contribution in [0, 0.1) is 19.8 Å². The number of fused-ring (bicyclic) bond motifs is 1. The lowest BCUT2D eigenvalue weighted by Crippen LogP contribution is -2.50. The summed E-state index contributed by atoms with van der Waals surface area (Å²) in [4.78, 5) is 47.7. The van der Waals surface area contributed by atoms with E-state index in [4.69, 9.17) is 0 Å². The SMILES string of the molecule is CCC1CCC2(CC1)NC(=O)N(CC(=O)N(C)Cc1c(C)nc3sc(C)cn13)C2=O. The number of aryl methyl sites for hydroxylation is 2. The smallest absolute Gasteiger partial charge is 0.325 e. The molecule has 4 amide bonds. The van der Waals surface area contributed by atoms with Crippen LogP contribution in [0.5, 0.6) is 0 Å². The van der Waals surface area contributed by atoms with E-state index >= 15 is 0 Å². The molecule has 30 heavy (non-hydrogen) atoms. The zero-order valence-corrected chi connectivity index (χ0v) is 18.8. The molecular weight excluding hydrogens is 402 g/mol. The second-order valence-corrected chi connectivity index (χ2v) is 9.86. The summed E-state index contributed by atoms with van der Waals surface area (Å²) in [6, 6.07) is -0.451. The molecule has 1 spiro atoms. The van der Waals surface area contributed by atoms with Crippen LogP contribution in [0.1, 0.15) is 55.3 Å². The highest BCUT2D eigenvalue weighted by Crippen LogP contribution is 2.37. The van der Waals surface area contributed by atoms with E-state index in [1.165, 1.54) is 0 Å². The van der Waals surface area contributed by atoms with E-state index in [2.05, 4.69) is 17.2 Å². The first-order valence-corrected chi connectivity index (χ1v) is 11.4. The Bertz CT molecular complexity index is 1000. The van der Waals surface area contributed by atoms with Gasteiger partial charge in [0.05, 0.1) is 17.9 Å². The maximum absolute atomic E-state index is 13.1. The second-order valence-electron chi connectivity index (χ2n) is 8.64. The number of nitrogens with one attached hydrogen (secondary N) is 1. The van der Waals surface area contributed by atoms with Gasteiger partial charge in [0, 0.05) is 18.1 Å².